The molecule has 1 saturated heterocycles. The number of carbonyl (C=O) groups excluding carboxylic acids is 1. The van der Waals surface area contributed by atoms with Gasteiger partial charge in [0.25, 0.3) is 11.5 Å². The molecule has 0 aliphatic carbocycles. The Labute approximate surface area is 145 Å². The molecule has 0 unspecified atom stereocenters. The van der Waals surface area contributed by atoms with Crippen LogP contribution in [0.2, 0.25) is 0 Å². The summed E-state index contributed by atoms with van der Waals surface area (Å²) >= 11 is 0. The van der Waals surface area contributed by atoms with Crippen molar-refractivity contribution in [2.75, 3.05) is 6.54 Å². The number of hydrogen-bond donors (Lipinski definition) is 1. The van der Waals surface area contributed by atoms with Crippen LogP contribution in [-0.2, 0) is 0 Å². The first-order valence-electron chi connectivity index (χ1n) is 8.60. The number of nitrogens with zero attached hydrogens (tertiary/aromatic N) is 1. The minimum atomic E-state index is -0.235. The minimum absolute atomic E-state index is 0.0961. The van der Waals surface area contributed by atoms with Crippen molar-refractivity contribution in [3.8, 4) is 0 Å². The molecule has 1 aromatic carbocycles. The predicted octanol–water partition coefficient (Wildman–Crippen LogP) is 3.73. The molecule has 5 heteroatoms. The fraction of sp³-hybridized carbons (Fsp3) is 0.300. The van der Waals surface area contributed by atoms with Crippen LogP contribution >= 0.6 is 0 Å². The number of H-pyrrole nitrogens is 1. The number of amides is 1. The van der Waals surface area contributed by atoms with Crippen LogP contribution in [0.4, 0.5) is 0 Å². The van der Waals surface area contributed by atoms with Crippen molar-refractivity contribution in [1.29, 1.82) is 0 Å². The van der Waals surface area contributed by atoms with Gasteiger partial charge in [-0.2, -0.15) is 0 Å². The highest BCUT2D eigenvalue weighted by atomic mass is 16.3. The van der Waals surface area contributed by atoms with E-state index in [-0.39, 0.29) is 17.5 Å². The lowest BCUT2D eigenvalue weighted by atomic mass is 9.90. The maximum atomic E-state index is 13.1. The van der Waals surface area contributed by atoms with E-state index in [1.807, 2.05) is 35.2 Å². The molecule has 5 nitrogen and oxygen atoms in total. The number of carbonyl (C=O) groups is 1. The van der Waals surface area contributed by atoms with Crippen molar-refractivity contribution in [1.82, 2.24) is 9.88 Å². The molecule has 1 aliphatic rings. The van der Waals surface area contributed by atoms with Gasteiger partial charge in [-0.15, -0.1) is 0 Å². The standard InChI is InChI=1S/C20H20N2O3/c1-13-8-9-22(17(11-13)18-7-4-10-25-18)20(24)16-12-14-5-2-3-6-15(14)19(23)21-16/h2-7,10,12-13,17H,8-9,11H2,1H3,(H,21,23)/t13-,17+/m0/s1. The molecule has 1 amide bonds. The van der Waals surface area contributed by atoms with E-state index in [0.29, 0.717) is 23.5 Å². The van der Waals surface area contributed by atoms with Crippen LogP contribution in [0.1, 0.15) is 42.1 Å². The molecular weight excluding hydrogens is 316 g/mol. The summed E-state index contributed by atoms with van der Waals surface area (Å²) < 4.78 is 5.57. The summed E-state index contributed by atoms with van der Waals surface area (Å²) in [5.74, 6) is 1.16. The van der Waals surface area contributed by atoms with Crippen LogP contribution in [0.25, 0.3) is 10.8 Å². The minimum Gasteiger partial charge on any atom is -0.467 e. The molecule has 0 bridgehead atoms. The van der Waals surface area contributed by atoms with Gasteiger partial charge in [0.2, 0.25) is 0 Å². The number of piperidine rings is 1. The number of hydrogen-bond acceptors (Lipinski definition) is 3. The van der Waals surface area contributed by atoms with Gasteiger partial charge in [-0.05, 0) is 48.4 Å². The zero-order valence-electron chi connectivity index (χ0n) is 14.1. The number of pyridine rings is 1. The third kappa shape index (κ3) is 2.86. The summed E-state index contributed by atoms with van der Waals surface area (Å²) in [7, 11) is 0. The van der Waals surface area contributed by atoms with Gasteiger partial charge in [-0.3, -0.25) is 9.59 Å². The number of furan rings is 1. The van der Waals surface area contributed by atoms with Crippen molar-refractivity contribution < 1.29 is 9.21 Å². The molecule has 0 saturated carbocycles. The van der Waals surface area contributed by atoms with Gasteiger partial charge in [0.15, 0.2) is 0 Å². The molecule has 128 valence electrons. The van der Waals surface area contributed by atoms with Crippen LogP contribution in [0.5, 0.6) is 0 Å². The Morgan fingerprint density at radius 2 is 2.08 bits per heavy atom. The van der Waals surface area contributed by atoms with Crippen LogP contribution in [-0.4, -0.2) is 22.3 Å². The van der Waals surface area contributed by atoms with Gasteiger partial charge in [-0.25, -0.2) is 0 Å². The first-order chi connectivity index (χ1) is 12.1. The summed E-state index contributed by atoms with van der Waals surface area (Å²) in [6, 6.07) is 12.7. The van der Waals surface area contributed by atoms with Gasteiger partial charge < -0.3 is 14.3 Å². The normalized spacial score (nSPS) is 20.8. The van der Waals surface area contributed by atoms with E-state index in [0.717, 1.165) is 24.0 Å². The van der Waals surface area contributed by atoms with E-state index in [9.17, 15) is 9.59 Å². The average Bonchev–Trinajstić information content (AvgIpc) is 3.15. The lowest BCUT2D eigenvalue weighted by molar-refractivity contribution is 0.0515. The molecule has 4 rings (SSSR count). The number of aromatic amines is 1. The molecule has 3 heterocycles. The molecule has 1 aliphatic heterocycles. The monoisotopic (exact) mass is 336 g/mol. The lowest BCUT2D eigenvalue weighted by Crippen LogP contribution is -2.41. The van der Waals surface area contributed by atoms with Crippen LogP contribution in [0, 0.1) is 5.92 Å². The predicted molar refractivity (Wildman–Crippen MR) is 95.5 cm³/mol. The van der Waals surface area contributed by atoms with Crippen LogP contribution in [0.15, 0.2) is 57.9 Å². The molecule has 1 fully saturated rings. The Morgan fingerprint density at radius 1 is 1.24 bits per heavy atom. The number of benzene rings is 1. The fourth-order valence-electron chi connectivity index (χ4n) is 3.62. The number of nitrogens with one attached hydrogen (secondary N) is 1. The Morgan fingerprint density at radius 3 is 2.88 bits per heavy atom. The van der Waals surface area contributed by atoms with Crippen LogP contribution in [0.3, 0.4) is 0 Å². The topological polar surface area (TPSA) is 66.3 Å². The van der Waals surface area contributed by atoms with E-state index in [1.54, 1.807) is 18.4 Å². The molecule has 2 aromatic heterocycles. The van der Waals surface area contributed by atoms with Gasteiger partial charge in [0.05, 0.1) is 12.3 Å². The first-order valence-corrected chi connectivity index (χ1v) is 8.60. The highest BCUT2D eigenvalue weighted by Gasteiger charge is 2.33. The summed E-state index contributed by atoms with van der Waals surface area (Å²) in [6.45, 7) is 2.84. The van der Waals surface area contributed by atoms with Crippen molar-refractivity contribution in [3.63, 3.8) is 0 Å². The third-order valence-corrected chi connectivity index (χ3v) is 4.98. The van der Waals surface area contributed by atoms with Gasteiger partial charge >= 0.3 is 0 Å². The Hall–Kier alpha value is -2.82. The molecule has 1 N–H and O–H groups in total. The molecule has 3 aromatic rings. The molecule has 0 spiro atoms. The first kappa shape index (κ1) is 15.7. The lowest BCUT2D eigenvalue weighted by Gasteiger charge is -2.37. The zero-order chi connectivity index (χ0) is 17.4. The maximum absolute atomic E-state index is 13.1. The quantitative estimate of drug-likeness (QED) is 0.775. The smallest absolute Gasteiger partial charge is 0.271 e. The highest BCUT2D eigenvalue weighted by molar-refractivity contribution is 5.96. The highest BCUT2D eigenvalue weighted by Crippen LogP contribution is 2.35. The second kappa shape index (κ2) is 6.24. The number of fused-ring (bicyclic) bond motifs is 1. The number of likely N-dealkylation sites (tertiary alicyclic amines) is 1. The van der Waals surface area contributed by atoms with E-state index in [2.05, 4.69) is 11.9 Å². The largest absolute Gasteiger partial charge is 0.467 e. The molecule has 2 atom stereocenters. The second-order valence-corrected chi connectivity index (χ2v) is 6.76. The Bertz CT molecular complexity index is 958. The van der Waals surface area contributed by atoms with E-state index < -0.39 is 0 Å². The summed E-state index contributed by atoms with van der Waals surface area (Å²) in [6.07, 6.45) is 3.44. The Balaban J connectivity index is 1.73. The number of aromatic nitrogens is 1. The van der Waals surface area contributed by atoms with Crippen molar-refractivity contribution in [3.05, 3.63) is 70.5 Å². The van der Waals surface area contributed by atoms with Crippen molar-refractivity contribution >= 4 is 16.7 Å². The van der Waals surface area contributed by atoms with Gasteiger partial charge in [0, 0.05) is 11.9 Å². The molecule has 25 heavy (non-hydrogen) atoms. The van der Waals surface area contributed by atoms with E-state index in [1.165, 1.54) is 0 Å². The van der Waals surface area contributed by atoms with Crippen molar-refractivity contribution in [2.24, 2.45) is 5.92 Å². The summed E-state index contributed by atoms with van der Waals surface area (Å²) in [4.78, 5) is 30.0. The number of rotatable bonds is 2. The molecular formula is C20H20N2O3. The van der Waals surface area contributed by atoms with Crippen molar-refractivity contribution in [2.45, 2.75) is 25.8 Å². The maximum Gasteiger partial charge on any atom is 0.271 e. The van der Waals surface area contributed by atoms with Crippen LogP contribution < -0.4 is 5.56 Å². The van der Waals surface area contributed by atoms with E-state index in [4.69, 9.17) is 4.42 Å². The van der Waals surface area contributed by atoms with E-state index >= 15 is 0 Å². The third-order valence-electron chi connectivity index (χ3n) is 4.98. The van der Waals surface area contributed by atoms with Gasteiger partial charge in [-0.1, -0.05) is 25.1 Å². The summed E-state index contributed by atoms with van der Waals surface area (Å²) in [5.41, 5.74) is 0.0937. The van der Waals surface area contributed by atoms with Gasteiger partial charge in [0.1, 0.15) is 11.5 Å². The molecule has 0 radical (unpaired) electrons. The zero-order valence-corrected chi connectivity index (χ0v) is 14.1. The SMILES string of the molecule is C[C@H]1CCN(C(=O)c2cc3ccccc3c(=O)[nH]2)[C@@H](c2ccco2)C1. The summed E-state index contributed by atoms with van der Waals surface area (Å²) in [5, 5.41) is 1.36. The fourth-order valence-corrected chi connectivity index (χ4v) is 3.62. The average molecular weight is 336 g/mol. The Kier molecular flexibility index (Phi) is 3.92. The second-order valence-electron chi connectivity index (χ2n) is 6.76.